The number of carbonyl (C=O) groups is 4. The minimum absolute atomic E-state index is 0.0256. The van der Waals surface area contributed by atoms with Crippen molar-refractivity contribution in [2.45, 2.75) is 25.6 Å². The third-order valence-corrected chi connectivity index (χ3v) is 5.54. The number of carboxylic acids is 2. The normalized spacial score (nSPS) is 11.4. The van der Waals surface area contributed by atoms with Gasteiger partial charge in [0.2, 0.25) is 5.91 Å². The van der Waals surface area contributed by atoms with E-state index in [9.17, 15) is 24.0 Å². The zero-order chi connectivity index (χ0) is 25.5. The van der Waals surface area contributed by atoms with Gasteiger partial charge in [-0.25, -0.2) is 14.6 Å². The Morgan fingerprint density at radius 3 is 2.43 bits per heavy atom. The van der Waals surface area contributed by atoms with Gasteiger partial charge in [0.05, 0.1) is 11.3 Å². The fourth-order valence-corrected chi connectivity index (χ4v) is 3.78. The number of nitrogens with zero attached hydrogens (tertiary/aromatic N) is 2. The highest BCUT2D eigenvalue weighted by atomic mass is 32.1. The van der Waals surface area contributed by atoms with Crippen molar-refractivity contribution in [3.63, 3.8) is 0 Å². The van der Waals surface area contributed by atoms with Crippen LogP contribution in [0.4, 0.5) is 5.82 Å². The Kier molecular flexibility index (Phi) is 7.94. The molecule has 3 rings (SSSR count). The summed E-state index contributed by atoms with van der Waals surface area (Å²) in [5.74, 6) is -5.46. The fourth-order valence-electron chi connectivity index (χ4n) is 3.06. The zero-order valence-corrected chi connectivity index (χ0v) is 18.9. The van der Waals surface area contributed by atoms with Gasteiger partial charge in [0.1, 0.15) is 25.0 Å². The lowest BCUT2D eigenvalue weighted by atomic mass is 10.2. The van der Waals surface area contributed by atoms with Gasteiger partial charge in [0, 0.05) is 0 Å². The summed E-state index contributed by atoms with van der Waals surface area (Å²) < 4.78 is 6.05. The second-order valence-electron chi connectivity index (χ2n) is 7.18. The van der Waals surface area contributed by atoms with Crippen molar-refractivity contribution in [2.75, 3.05) is 5.73 Å². The molecule has 1 aromatic carbocycles. The molecule has 35 heavy (non-hydrogen) atoms. The first kappa shape index (κ1) is 25.1. The number of carbonyl (C=O) groups excluding carboxylic acids is 2. The van der Waals surface area contributed by atoms with Crippen LogP contribution in [-0.2, 0) is 32.3 Å². The third-order valence-electron chi connectivity index (χ3n) is 4.67. The van der Waals surface area contributed by atoms with Crippen LogP contribution in [0.2, 0.25) is 0 Å². The molecule has 3 aromatic rings. The Bertz CT molecular complexity index is 1300. The average molecular weight is 500 g/mol. The van der Waals surface area contributed by atoms with Gasteiger partial charge < -0.3 is 26.0 Å². The summed E-state index contributed by atoms with van der Waals surface area (Å²) in [4.78, 5) is 65.3. The number of esters is 1. The maximum Gasteiger partial charge on any atom is 0.347 e. The number of hydrogen-bond acceptors (Lipinski definition) is 9. The lowest BCUT2D eigenvalue weighted by Gasteiger charge is -2.16. The Labute approximate surface area is 201 Å². The van der Waals surface area contributed by atoms with Gasteiger partial charge in [0.15, 0.2) is 11.4 Å². The van der Waals surface area contributed by atoms with Gasteiger partial charge in [-0.05, 0) is 17.0 Å². The molecular formula is C22H20N4O8S. The number of carboxylic acid groups (broad SMARTS) is 2. The van der Waals surface area contributed by atoms with Crippen molar-refractivity contribution in [3.8, 4) is 10.7 Å². The van der Waals surface area contributed by atoms with Crippen molar-refractivity contribution in [2.24, 2.45) is 0 Å². The number of rotatable bonds is 10. The maximum absolute atomic E-state index is 13.2. The predicted octanol–water partition coefficient (Wildman–Crippen LogP) is 0.955. The molecule has 0 radical (unpaired) electrons. The summed E-state index contributed by atoms with van der Waals surface area (Å²) in [7, 11) is 0. The number of benzene rings is 1. The van der Waals surface area contributed by atoms with Crippen LogP contribution in [0.5, 0.6) is 0 Å². The molecule has 0 aliphatic rings. The SMILES string of the molecule is Nc1nc(-c2cccs2)n(CC(=O)N[C@@H](CC(=O)O)C(=O)O)c(=O)c1C(=O)OCc1ccccc1. The van der Waals surface area contributed by atoms with Crippen molar-refractivity contribution < 1.29 is 34.1 Å². The highest BCUT2D eigenvalue weighted by molar-refractivity contribution is 7.13. The second kappa shape index (κ2) is 11.1. The summed E-state index contributed by atoms with van der Waals surface area (Å²) in [6, 6.07) is 10.3. The summed E-state index contributed by atoms with van der Waals surface area (Å²) in [6.07, 6.45) is -0.870. The van der Waals surface area contributed by atoms with Crippen LogP contribution in [0.25, 0.3) is 10.7 Å². The molecule has 0 bridgehead atoms. The molecule has 2 heterocycles. The summed E-state index contributed by atoms with van der Waals surface area (Å²) in [5, 5.41) is 21.8. The van der Waals surface area contributed by atoms with Crippen molar-refractivity contribution >= 4 is 41.0 Å². The predicted molar refractivity (Wildman–Crippen MR) is 124 cm³/mol. The van der Waals surface area contributed by atoms with E-state index in [1.807, 2.05) is 0 Å². The van der Waals surface area contributed by atoms with Gasteiger partial charge in [-0.1, -0.05) is 36.4 Å². The Hall–Kier alpha value is -4.52. The third kappa shape index (κ3) is 6.29. The topological polar surface area (TPSA) is 191 Å². The van der Waals surface area contributed by atoms with E-state index in [1.54, 1.807) is 47.8 Å². The summed E-state index contributed by atoms with van der Waals surface area (Å²) in [6.45, 7) is -0.886. The lowest BCUT2D eigenvalue weighted by molar-refractivity contribution is -0.147. The van der Waals surface area contributed by atoms with E-state index in [0.717, 1.165) is 4.57 Å². The van der Waals surface area contributed by atoms with E-state index in [0.29, 0.717) is 10.4 Å². The largest absolute Gasteiger partial charge is 0.481 e. The quantitative estimate of drug-likeness (QED) is 0.291. The smallest absolute Gasteiger partial charge is 0.347 e. The van der Waals surface area contributed by atoms with E-state index >= 15 is 0 Å². The van der Waals surface area contributed by atoms with Gasteiger partial charge >= 0.3 is 17.9 Å². The van der Waals surface area contributed by atoms with E-state index in [-0.39, 0.29) is 12.4 Å². The van der Waals surface area contributed by atoms with Gasteiger partial charge in [-0.15, -0.1) is 11.3 Å². The number of ether oxygens (including phenoxy) is 1. The van der Waals surface area contributed by atoms with E-state index in [4.69, 9.17) is 20.7 Å². The van der Waals surface area contributed by atoms with Crippen molar-refractivity contribution in [1.29, 1.82) is 0 Å². The Morgan fingerprint density at radius 2 is 1.83 bits per heavy atom. The molecule has 0 saturated heterocycles. The number of nitrogens with two attached hydrogens (primary N) is 1. The maximum atomic E-state index is 13.2. The molecule has 0 spiro atoms. The van der Waals surface area contributed by atoms with Crippen LogP contribution in [0.1, 0.15) is 22.3 Å². The molecule has 1 amide bonds. The molecule has 182 valence electrons. The number of anilines is 1. The molecule has 1 atom stereocenters. The molecule has 13 heteroatoms. The number of aliphatic carboxylic acids is 2. The highest BCUT2D eigenvalue weighted by Gasteiger charge is 2.27. The molecular weight excluding hydrogens is 480 g/mol. The van der Waals surface area contributed by atoms with Crippen molar-refractivity contribution in [3.05, 3.63) is 69.3 Å². The number of amides is 1. The Balaban J connectivity index is 1.94. The van der Waals surface area contributed by atoms with Crippen LogP contribution in [0.15, 0.2) is 52.6 Å². The molecule has 0 unspecified atom stereocenters. The summed E-state index contributed by atoms with van der Waals surface area (Å²) in [5.41, 5.74) is 5.01. The van der Waals surface area contributed by atoms with Crippen LogP contribution in [0.3, 0.4) is 0 Å². The first-order valence-electron chi connectivity index (χ1n) is 10.1. The number of nitrogen functional groups attached to an aromatic ring is 1. The van der Waals surface area contributed by atoms with E-state index in [1.165, 1.54) is 11.3 Å². The van der Waals surface area contributed by atoms with Crippen LogP contribution >= 0.6 is 11.3 Å². The van der Waals surface area contributed by atoms with Crippen LogP contribution < -0.4 is 16.6 Å². The molecule has 2 aromatic heterocycles. The molecule has 12 nitrogen and oxygen atoms in total. The van der Waals surface area contributed by atoms with Gasteiger partial charge in [-0.3, -0.25) is 19.0 Å². The van der Waals surface area contributed by atoms with Crippen LogP contribution in [-0.4, -0.2) is 49.6 Å². The molecule has 0 fully saturated rings. The highest BCUT2D eigenvalue weighted by Crippen LogP contribution is 2.24. The fraction of sp³-hybridized carbons (Fsp3) is 0.182. The second-order valence-corrected chi connectivity index (χ2v) is 8.13. The standard InChI is InChI=1S/C22H20N4O8S/c23-18-17(22(33)34-11-12-5-2-1-3-6-12)20(30)26(19(25-18)14-7-4-8-35-14)10-15(27)24-13(21(31)32)9-16(28)29/h1-8,13H,9-11,23H2,(H,24,27)(H,28,29)(H,31,32)/t13-/m0/s1. The zero-order valence-electron chi connectivity index (χ0n) is 18.0. The van der Waals surface area contributed by atoms with Gasteiger partial charge in [0.25, 0.3) is 5.56 Å². The minimum atomic E-state index is -1.72. The monoisotopic (exact) mass is 500 g/mol. The first-order valence-corrected chi connectivity index (χ1v) is 10.9. The molecule has 0 aliphatic carbocycles. The average Bonchev–Trinajstić information content (AvgIpc) is 3.34. The Morgan fingerprint density at radius 1 is 1.11 bits per heavy atom. The molecule has 0 aliphatic heterocycles. The van der Waals surface area contributed by atoms with Crippen molar-refractivity contribution in [1.82, 2.24) is 14.9 Å². The summed E-state index contributed by atoms with van der Waals surface area (Å²) >= 11 is 1.19. The number of aromatic nitrogens is 2. The first-order chi connectivity index (χ1) is 16.7. The van der Waals surface area contributed by atoms with E-state index in [2.05, 4.69) is 10.3 Å². The molecule has 5 N–H and O–H groups in total. The van der Waals surface area contributed by atoms with E-state index < -0.39 is 59.8 Å². The minimum Gasteiger partial charge on any atom is -0.481 e. The lowest BCUT2D eigenvalue weighted by Crippen LogP contribution is -2.45. The van der Waals surface area contributed by atoms with Gasteiger partial charge in [-0.2, -0.15) is 0 Å². The number of thiophene rings is 1. The number of nitrogens with one attached hydrogen (secondary N) is 1. The number of hydrogen-bond donors (Lipinski definition) is 4. The van der Waals surface area contributed by atoms with Crippen LogP contribution in [0, 0.1) is 0 Å². The molecule has 0 saturated carbocycles.